The predicted molar refractivity (Wildman–Crippen MR) is 140 cm³/mol. The van der Waals surface area contributed by atoms with E-state index in [1.165, 1.54) is 0 Å². The molecular formula is C28H43N3O4. The quantitative estimate of drug-likeness (QED) is 0.312. The molecule has 0 radical (unpaired) electrons. The second-order valence-corrected chi connectivity index (χ2v) is 9.34. The molecule has 2 unspecified atom stereocenters. The summed E-state index contributed by atoms with van der Waals surface area (Å²) in [6.45, 7) is 7.06. The van der Waals surface area contributed by atoms with E-state index in [1.54, 1.807) is 25.3 Å². The highest BCUT2D eigenvalue weighted by Gasteiger charge is 2.47. The van der Waals surface area contributed by atoms with Crippen molar-refractivity contribution in [2.75, 3.05) is 39.9 Å². The Balaban J connectivity index is 2.34. The molecule has 0 aromatic heterocycles. The van der Waals surface area contributed by atoms with E-state index in [4.69, 9.17) is 10.5 Å². The number of hydrogen-bond acceptors (Lipinski definition) is 5. The number of aliphatic hydroxyl groups excluding tert-OH is 1. The Morgan fingerprint density at radius 3 is 2.49 bits per heavy atom. The molecule has 194 valence electrons. The summed E-state index contributed by atoms with van der Waals surface area (Å²) in [5.74, 6) is -1.09. The molecule has 7 nitrogen and oxygen atoms in total. The van der Waals surface area contributed by atoms with Gasteiger partial charge in [-0.1, -0.05) is 62.4 Å². The Morgan fingerprint density at radius 2 is 1.89 bits per heavy atom. The van der Waals surface area contributed by atoms with Crippen LogP contribution in [0.3, 0.4) is 0 Å². The third kappa shape index (κ3) is 8.02. The van der Waals surface area contributed by atoms with Crippen LogP contribution >= 0.6 is 0 Å². The van der Waals surface area contributed by atoms with Crippen molar-refractivity contribution in [2.24, 2.45) is 17.1 Å². The normalized spacial score (nSPS) is 19.1. The highest BCUT2D eigenvalue weighted by Crippen LogP contribution is 2.42. The maximum absolute atomic E-state index is 13.4. The number of benzene rings is 1. The first-order valence-corrected chi connectivity index (χ1v) is 12.8. The van der Waals surface area contributed by atoms with Gasteiger partial charge in [0.1, 0.15) is 0 Å². The van der Waals surface area contributed by atoms with Crippen molar-refractivity contribution in [2.45, 2.75) is 52.1 Å². The maximum atomic E-state index is 13.4. The van der Waals surface area contributed by atoms with Crippen LogP contribution in [-0.2, 0) is 20.7 Å². The van der Waals surface area contributed by atoms with Crippen molar-refractivity contribution in [3.05, 3.63) is 59.7 Å². The van der Waals surface area contributed by atoms with Gasteiger partial charge in [0.05, 0.1) is 11.5 Å². The molecule has 0 aliphatic heterocycles. The number of aliphatic hydroxyl groups is 1. The number of hydrogen-bond donors (Lipinski definition) is 3. The summed E-state index contributed by atoms with van der Waals surface area (Å²) in [6, 6.07) is 9.79. The molecule has 0 saturated heterocycles. The molecule has 3 atom stereocenters. The lowest BCUT2D eigenvalue weighted by atomic mass is 9.64. The fourth-order valence-corrected chi connectivity index (χ4v) is 4.84. The van der Waals surface area contributed by atoms with Gasteiger partial charge in [0.2, 0.25) is 11.8 Å². The Labute approximate surface area is 210 Å². The van der Waals surface area contributed by atoms with Crippen LogP contribution in [0.15, 0.2) is 54.1 Å². The highest BCUT2D eigenvalue weighted by atomic mass is 16.5. The Hall–Kier alpha value is -2.48. The molecule has 2 amide bonds. The molecule has 1 aromatic rings. The molecule has 1 aliphatic carbocycles. The van der Waals surface area contributed by atoms with Crippen LogP contribution in [0.1, 0.15) is 45.1 Å². The Morgan fingerprint density at radius 1 is 1.20 bits per heavy atom. The molecule has 0 spiro atoms. The average molecular weight is 486 g/mol. The van der Waals surface area contributed by atoms with Gasteiger partial charge in [0.25, 0.3) is 0 Å². The van der Waals surface area contributed by atoms with Crippen molar-refractivity contribution in [3.63, 3.8) is 0 Å². The van der Waals surface area contributed by atoms with E-state index in [-0.39, 0.29) is 12.3 Å². The molecule has 4 N–H and O–H groups in total. The summed E-state index contributed by atoms with van der Waals surface area (Å²) in [4.78, 5) is 28.3. The monoisotopic (exact) mass is 485 g/mol. The minimum atomic E-state index is -1.17. The van der Waals surface area contributed by atoms with Gasteiger partial charge in [-0.2, -0.15) is 0 Å². The van der Waals surface area contributed by atoms with E-state index in [2.05, 4.69) is 5.32 Å². The van der Waals surface area contributed by atoms with Gasteiger partial charge in [0.15, 0.2) is 0 Å². The minimum absolute atomic E-state index is 0.0608. The molecule has 2 rings (SSSR count). The van der Waals surface area contributed by atoms with Crippen LogP contribution in [0.4, 0.5) is 0 Å². The number of primary amides is 1. The molecular weight excluding hydrogens is 442 g/mol. The Bertz CT molecular complexity index is 849. The molecule has 1 aliphatic rings. The summed E-state index contributed by atoms with van der Waals surface area (Å²) < 4.78 is 5.09. The molecule has 35 heavy (non-hydrogen) atoms. The number of nitrogens with zero attached hydrogens (tertiary/aromatic N) is 1. The molecule has 7 heteroatoms. The van der Waals surface area contributed by atoms with Gasteiger partial charge in [-0.05, 0) is 44.2 Å². The van der Waals surface area contributed by atoms with Crippen molar-refractivity contribution in [1.82, 2.24) is 10.2 Å². The number of carbonyl (C=O) groups excluding carboxylic acids is 2. The van der Waals surface area contributed by atoms with E-state index in [9.17, 15) is 14.7 Å². The van der Waals surface area contributed by atoms with Crippen LogP contribution in [0.25, 0.3) is 0 Å². The van der Waals surface area contributed by atoms with Gasteiger partial charge in [-0.3, -0.25) is 9.59 Å². The van der Waals surface area contributed by atoms with Crippen LogP contribution < -0.4 is 11.1 Å². The number of methoxy groups -OCH3 is 1. The number of rotatable bonds is 16. The largest absolute Gasteiger partial charge is 0.391 e. The molecule has 0 saturated carbocycles. The molecule has 0 fully saturated rings. The third-order valence-electron chi connectivity index (χ3n) is 6.66. The number of amides is 2. The third-order valence-corrected chi connectivity index (χ3v) is 6.66. The van der Waals surface area contributed by atoms with E-state index >= 15 is 0 Å². The first-order valence-electron chi connectivity index (χ1n) is 12.8. The smallest absolute Gasteiger partial charge is 0.249 e. The van der Waals surface area contributed by atoms with Gasteiger partial charge in [-0.25, -0.2) is 0 Å². The molecule has 0 heterocycles. The van der Waals surface area contributed by atoms with Crippen LogP contribution in [0, 0.1) is 11.3 Å². The standard InChI is InChI=1S/C28H43N3O4/c1-4-16-31(17-5-2)26(33)23-13-9-14-28(20-23,27(29)34)24(19-22-11-7-6-8-12-22)25(32)21-30-15-10-18-35-3/h6-9,11-14,24-25,30,32H,4-5,10,15-21H2,1-3H3,(H2,29,34)/t24-,25?,28?/m1/s1. The van der Waals surface area contributed by atoms with E-state index < -0.39 is 23.3 Å². The van der Waals surface area contributed by atoms with Crippen LogP contribution in [0.2, 0.25) is 0 Å². The zero-order valence-electron chi connectivity index (χ0n) is 21.5. The first-order chi connectivity index (χ1) is 16.9. The number of allylic oxidation sites excluding steroid dienone is 2. The van der Waals surface area contributed by atoms with E-state index in [0.29, 0.717) is 44.8 Å². The second kappa shape index (κ2) is 14.8. The lowest BCUT2D eigenvalue weighted by Gasteiger charge is -2.41. The summed E-state index contributed by atoms with van der Waals surface area (Å²) in [5, 5.41) is 14.6. The topological polar surface area (TPSA) is 105 Å². The summed E-state index contributed by atoms with van der Waals surface area (Å²) in [7, 11) is 1.66. The maximum Gasteiger partial charge on any atom is 0.249 e. The number of carbonyl (C=O) groups is 2. The summed E-state index contributed by atoms with van der Waals surface area (Å²) in [6.07, 6.45) is 7.68. The average Bonchev–Trinajstić information content (AvgIpc) is 2.87. The number of nitrogens with one attached hydrogen (secondary N) is 1. The minimum Gasteiger partial charge on any atom is -0.391 e. The van der Waals surface area contributed by atoms with Crippen molar-refractivity contribution in [1.29, 1.82) is 0 Å². The summed E-state index contributed by atoms with van der Waals surface area (Å²) >= 11 is 0. The summed E-state index contributed by atoms with van der Waals surface area (Å²) in [5.41, 5.74) is 6.45. The number of nitrogens with two attached hydrogens (primary N) is 1. The molecule has 1 aromatic carbocycles. The van der Waals surface area contributed by atoms with E-state index in [1.807, 2.05) is 49.1 Å². The molecule has 0 bridgehead atoms. The lowest BCUT2D eigenvalue weighted by Crippen LogP contribution is -2.51. The van der Waals surface area contributed by atoms with Crippen LogP contribution in [0.5, 0.6) is 0 Å². The van der Waals surface area contributed by atoms with Gasteiger partial charge >= 0.3 is 0 Å². The fourth-order valence-electron chi connectivity index (χ4n) is 4.84. The predicted octanol–water partition coefficient (Wildman–Crippen LogP) is 2.84. The van der Waals surface area contributed by atoms with Gasteiger partial charge in [-0.15, -0.1) is 0 Å². The second-order valence-electron chi connectivity index (χ2n) is 9.34. The highest BCUT2D eigenvalue weighted by molar-refractivity contribution is 5.96. The number of ether oxygens (including phenoxy) is 1. The van der Waals surface area contributed by atoms with Crippen molar-refractivity contribution < 1.29 is 19.4 Å². The van der Waals surface area contributed by atoms with Crippen LogP contribution in [-0.4, -0.2) is 67.8 Å². The zero-order chi connectivity index (χ0) is 25.7. The van der Waals surface area contributed by atoms with Crippen molar-refractivity contribution >= 4 is 11.8 Å². The van der Waals surface area contributed by atoms with Gasteiger partial charge in [0, 0.05) is 44.8 Å². The fraction of sp³-hybridized carbons (Fsp3) is 0.571. The zero-order valence-corrected chi connectivity index (χ0v) is 21.5. The Kier molecular flexibility index (Phi) is 12.2. The van der Waals surface area contributed by atoms with Crippen molar-refractivity contribution in [3.8, 4) is 0 Å². The van der Waals surface area contributed by atoms with E-state index in [0.717, 1.165) is 24.8 Å². The lowest BCUT2D eigenvalue weighted by molar-refractivity contribution is -0.132. The first kappa shape index (κ1) is 28.8. The SMILES string of the molecule is CCCN(CCC)C(=O)C1=CC=CC(C(N)=O)([C@H](Cc2ccccc2)C(O)CNCCCOC)C1. The van der Waals surface area contributed by atoms with Gasteiger partial charge < -0.3 is 25.8 Å².